The molecule has 0 radical (unpaired) electrons. The highest BCUT2D eigenvalue weighted by Crippen LogP contribution is 2.17. The third kappa shape index (κ3) is 1.48. The normalized spacial score (nSPS) is 10.8. The van der Waals surface area contributed by atoms with Gasteiger partial charge in [-0.15, -0.1) is 0 Å². The predicted molar refractivity (Wildman–Crippen MR) is 58.8 cm³/mol. The van der Waals surface area contributed by atoms with Crippen molar-refractivity contribution in [1.82, 2.24) is 0 Å². The number of rotatable bonds is 2. The van der Waals surface area contributed by atoms with Crippen LogP contribution in [0.4, 0.5) is 0 Å². The number of halogens is 1. The van der Waals surface area contributed by atoms with E-state index in [0.717, 1.165) is 12.0 Å². The van der Waals surface area contributed by atoms with Gasteiger partial charge >= 0.3 is 0 Å². The lowest BCUT2D eigenvalue weighted by Gasteiger charge is -1.96. The molecule has 1 aromatic carbocycles. The number of hydrogen-bond donors (Lipinski definition) is 0. The number of hydrogen-bond acceptors (Lipinski definition) is 1. The van der Waals surface area contributed by atoms with E-state index in [-0.39, 0.29) is 0 Å². The Balaban J connectivity index is 2.46. The minimum absolute atomic E-state index is 0.979. The van der Waals surface area contributed by atoms with E-state index >= 15 is 0 Å². The molecule has 1 heterocycles. The molecule has 2 rings (SSSR count). The van der Waals surface area contributed by atoms with E-state index in [1.54, 1.807) is 6.26 Å². The summed E-state index contributed by atoms with van der Waals surface area (Å²) in [6.45, 7) is 0. The Labute approximate surface area is 84.9 Å². The molecule has 0 bridgehead atoms. The average molecular weight is 272 g/mol. The molecular weight excluding hydrogens is 263 g/mol. The largest absolute Gasteiger partial charge is 0.464 e. The van der Waals surface area contributed by atoms with E-state index in [4.69, 9.17) is 4.42 Å². The van der Waals surface area contributed by atoms with E-state index in [2.05, 4.69) is 34.7 Å². The summed E-state index contributed by atoms with van der Waals surface area (Å²) in [5, 5.41) is 1.21. The van der Waals surface area contributed by atoms with E-state index in [0.29, 0.717) is 0 Å². The Bertz CT molecular complexity index is 378. The number of benzene rings is 1. The van der Waals surface area contributed by atoms with Crippen molar-refractivity contribution in [3.63, 3.8) is 0 Å². The third-order valence-corrected chi connectivity index (χ3v) is 2.44. The minimum atomic E-state index is 0.979. The van der Waals surface area contributed by atoms with Gasteiger partial charge in [-0.3, -0.25) is 0 Å². The van der Waals surface area contributed by atoms with Crippen LogP contribution in [-0.2, 0) is 6.42 Å². The van der Waals surface area contributed by atoms with Gasteiger partial charge in [0, 0.05) is 9.81 Å². The van der Waals surface area contributed by atoms with E-state index in [1.165, 1.54) is 15.4 Å². The van der Waals surface area contributed by atoms with Gasteiger partial charge in [-0.1, -0.05) is 28.7 Å². The number of furan rings is 1. The molecule has 0 atom stereocenters. The van der Waals surface area contributed by atoms with Crippen LogP contribution in [0.5, 0.6) is 0 Å². The van der Waals surface area contributed by atoms with Gasteiger partial charge in [0.15, 0.2) is 0 Å². The van der Waals surface area contributed by atoms with Crippen molar-refractivity contribution in [2.45, 2.75) is 6.42 Å². The van der Waals surface area contributed by atoms with E-state index < -0.39 is 0 Å². The van der Waals surface area contributed by atoms with Crippen molar-refractivity contribution < 1.29 is 4.42 Å². The highest BCUT2D eigenvalue weighted by molar-refractivity contribution is 14.1. The topological polar surface area (TPSA) is 13.1 Å². The van der Waals surface area contributed by atoms with Crippen molar-refractivity contribution in [3.8, 4) is 0 Å². The van der Waals surface area contributed by atoms with Crippen molar-refractivity contribution in [2.75, 3.05) is 4.43 Å². The summed E-state index contributed by atoms with van der Waals surface area (Å²) in [6, 6.07) is 8.37. The molecular formula is C10H9IO. The first-order valence-electron chi connectivity index (χ1n) is 3.92. The van der Waals surface area contributed by atoms with Gasteiger partial charge in [-0.05, 0) is 30.2 Å². The van der Waals surface area contributed by atoms with Crippen LogP contribution in [0.25, 0.3) is 11.0 Å². The molecule has 0 aliphatic heterocycles. The maximum absolute atomic E-state index is 5.25. The molecule has 0 fully saturated rings. The number of alkyl halides is 1. The van der Waals surface area contributed by atoms with Crippen molar-refractivity contribution >= 4 is 33.6 Å². The van der Waals surface area contributed by atoms with Crippen LogP contribution < -0.4 is 0 Å². The fraction of sp³-hybridized carbons (Fsp3) is 0.200. The molecule has 12 heavy (non-hydrogen) atoms. The molecule has 1 aromatic heterocycles. The Morgan fingerprint density at radius 3 is 3.00 bits per heavy atom. The molecule has 0 N–H and O–H groups in total. The maximum atomic E-state index is 5.25. The first kappa shape index (κ1) is 8.10. The van der Waals surface area contributed by atoms with Crippen LogP contribution in [0.1, 0.15) is 5.56 Å². The lowest BCUT2D eigenvalue weighted by Crippen LogP contribution is -1.83. The molecule has 0 spiro atoms. The summed E-state index contributed by atoms with van der Waals surface area (Å²) >= 11 is 2.39. The summed E-state index contributed by atoms with van der Waals surface area (Å²) in [5.41, 5.74) is 2.37. The summed E-state index contributed by atoms with van der Waals surface area (Å²) in [6.07, 6.45) is 2.88. The van der Waals surface area contributed by atoms with Crippen molar-refractivity contribution in [1.29, 1.82) is 0 Å². The van der Waals surface area contributed by atoms with Crippen LogP contribution in [0.15, 0.2) is 34.9 Å². The summed E-state index contributed by atoms with van der Waals surface area (Å²) < 4.78 is 6.42. The van der Waals surface area contributed by atoms with E-state index in [9.17, 15) is 0 Å². The fourth-order valence-electron chi connectivity index (χ4n) is 1.28. The van der Waals surface area contributed by atoms with Crippen LogP contribution in [-0.4, -0.2) is 4.43 Å². The van der Waals surface area contributed by atoms with Gasteiger partial charge in [0.1, 0.15) is 5.58 Å². The first-order chi connectivity index (χ1) is 5.90. The molecule has 0 amide bonds. The molecule has 0 unspecified atom stereocenters. The average Bonchev–Trinajstić information content (AvgIpc) is 2.51. The second kappa shape index (κ2) is 3.47. The smallest absolute Gasteiger partial charge is 0.133 e. The zero-order chi connectivity index (χ0) is 8.39. The zero-order valence-electron chi connectivity index (χ0n) is 6.59. The second-order valence-electron chi connectivity index (χ2n) is 2.73. The standard InChI is InChI=1S/C10H9IO/c11-5-3-8-1-2-10-9(7-8)4-6-12-10/h1-2,4,6-7H,3,5H2. The van der Waals surface area contributed by atoms with E-state index in [1.807, 2.05) is 12.1 Å². The quantitative estimate of drug-likeness (QED) is 0.603. The first-order valence-corrected chi connectivity index (χ1v) is 5.45. The predicted octanol–water partition coefficient (Wildman–Crippen LogP) is 3.41. The number of aryl methyl sites for hydroxylation is 1. The SMILES string of the molecule is ICCc1ccc2occc2c1. The molecule has 2 heteroatoms. The Kier molecular flexibility index (Phi) is 2.35. The lowest BCUT2D eigenvalue weighted by molar-refractivity contribution is 0.616. The Hall–Kier alpha value is -0.510. The van der Waals surface area contributed by atoms with Gasteiger partial charge in [0.25, 0.3) is 0 Å². The fourth-order valence-corrected chi connectivity index (χ4v) is 1.90. The monoisotopic (exact) mass is 272 g/mol. The van der Waals surface area contributed by atoms with Crippen molar-refractivity contribution in [2.24, 2.45) is 0 Å². The molecule has 1 nitrogen and oxygen atoms in total. The lowest BCUT2D eigenvalue weighted by atomic mass is 10.1. The highest BCUT2D eigenvalue weighted by Gasteiger charge is 1.97. The van der Waals surface area contributed by atoms with Crippen LogP contribution >= 0.6 is 22.6 Å². The van der Waals surface area contributed by atoms with Crippen LogP contribution in [0.3, 0.4) is 0 Å². The van der Waals surface area contributed by atoms with Gasteiger partial charge in [0.05, 0.1) is 6.26 Å². The molecule has 0 aliphatic carbocycles. The molecule has 0 saturated heterocycles. The van der Waals surface area contributed by atoms with Gasteiger partial charge in [-0.2, -0.15) is 0 Å². The van der Waals surface area contributed by atoms with Crippen molar-refractivity contribution in [3.05, 3.63) is 36.1 Å². The summed E-state index contributed by atoms with van der Waals surface area (Å²) in [4.78, 5) is 0. The van der Waals surface area contributed by atoms with Crippen LogP contribution in [0.2, 0.25) is 0 Å². The molecule has 0 aliphatic rings. The highest BCUT2D eigenvalue weighted by atomic mass is 127. The third-order valence-electron chi connectivity index (χ3n) is 1.90. The summed E-state index contributed by atoms with van der Waals surface area (Å²) in [7, 11) is 0. The van der Waals surface area contributed by atoms with Gasteiger partial charge in [0.2, 0.25) is 0 Å². The summed E-state index contributed by atoms with van der Waals surface area (Å²) in [5.74, 6) is 0. The van der Waals surface area contributed by atoms with Crippen LogP contribution in [0, 0.1) is 0 Å². The Morgan fingerprint density at radius 1 is 1.25 bits per heavy atom. The second-order valence-corrected chi connectivity index (χ2v) is 3.81. The number of fused-ring (bicyclic) bond motifs is 1. The van der Waals surface area contributed by atoms with Gasteiger partial charge in [-0.25, -0.2) is 0 Å². The molecule has 62 valence electrons. The molecule has 2 aromatic rings. The van der Waals surface area contributed by atoms with Gasteiger partial charge < -0.3 is 4.42 Å². The maximum Gasteiger partial charge on any atom is 0.133 e. The Morgan fingerprint density at radius 2 is 2.17 bits per heavy atom. The minimum Gasteiger partial charge on any atom is -0.464 e. The molecule has 0 saturated carbocycles. The zero-order valence-corrected chi connectivity index (χ0v) is 8.74.